The van der Waals surface area contributed by atoms with Crippen molar-refractivity contribution in [3.8, 4) is 0 Å². The largest absolute Gasteiger partial charge is 0.545 e. The summed E-state index contributed by atoms with van der Waals surface area (Å²) >= 11 is 1.53. The maximum absolute atomic E-state index is 10.6. The van der Waals surface area contributed by atoms with Crippen LogP contribution in [-0.2, 0) is 0 Å². The average Bonchev–Trinajstić information content (AvgIpc) is 2.49. The lowest BCUT2D eigenvalue weighted by molar-refractivity contribution is -0.254. The Kier molecular flexibility index (Phi) is 1.59. The molecule has 2 rings (SSSR count). The van der Waals surface area contributed by atoms with E-state index in [1.54, 1.807) is 18.2 Å². The van der Waals surface area contributed by atoms with Gasteiger partial charge in [0, 0.05) is 15.6 Å². The van der Waals surface area contributed by atoms with Crippen molar-refractivity contribution in [3.05, 3.63) is 35.2 Å². The average molecular weight is 177 g/mol. The van der Waals surface area contributed by atoms with Gasteiger partial charge in [0.1, 0.15) is 0 Å². The fourth-order valence-corrected chi connectivity index (χ4v) is 1.98. The molecule has 12 heavy (non-hydrogen) atoms. The maximum Gasteiger partial charge on any atom is 0.0721 e. The summed E-state index contributed by atoms with van der Waals surface area (Å²) in [6.45, 7) is 0. The molecule has 0 fully saturated rings. The van der Waals surface area contributed by atoms with Crippen LogP contribution in [0.25, 0.3) is 10.1 Å². The summed E-state index contributed by atoms with van der Waals surface area (Å²) in [5.74, 6) is -1.11. The van der Waals surface area contributed by atoms with Gasteiger partial charge in [-0.15, -0.1) is 11.3 Å². The van der Waals surface area contributed by atoms with Crippen LogP contribution in [0.2, 0.25) is 0 Å². The zero-order valence-corrected chi connectivity index (χ0v) is 6.93. The first-order valence-corrected chi connectivity index (χ1v) is 4.34. The predicted octanol–water partition coefficient (Wildman–Crippen LogP) is 1.26. The van der Waals surface area contributed by atoms with Gasteiger partial charge in [-0.05, 0) is 17.5 Å². The molecule has 3 heteroatoms. The molecule has 0 saturated heterocycles. The molecule has 0 aliphatic rings. The van der Waals surface area contributed by atoms with Crippen molar-refractivity contribution in [2.75, 3.05) is 0 Å². The van der Waals surface area contributed by atoms with Gasteiger partial charge in [0.2, 0.25) is 0 Å². The summed E-state index contributed by atoms with van der Waals surface area (Å²) < 4.78 is 0.983. The fourth-order valence-electron chi connectivity index (χ4n) is 1.17. The first-order chi connectivity index (χ1) is 5.79. The number of hydrogen-bond acceptors (Lipinski definition) is 3. The lowest BCUT2D eigenvalue weighted by Crippen LogP contribution is -2.22. The van der Waals surface area contributed by atoms with Gasteiger partial charge >= 0.3 is 0 Å². The Labute approximate surface area is 73.1 Å². The quantitative estimate of drug-likeness (QED) is 0.658. The third-order valence-electron chi connectivity index (χ3n) is 1.72. The number of carboxylic acids is 1. The van der Waals surface area contributed by atoms with Crippen LogP contribution in [0.3, 0.4) is 0 Å². The smallest absolute Gasteiger partial charge is 0.0721 e. The van der Waals surface area contributed by atoms with Crippen molar-refractivity contribution >= 4 is 27.4 Å². The number of carbonyl (C=O) groups is 1. The van der Waals surface area contributed by atoms with Crippen LogP contribution in [0.15, 0.2) is 29.6 Å². The highest BCUT2D eigenvalue weighted by molar-refractivity contribution is 7.17. The molecular weight excluding hydrogens is 172 g/mol. The van der Waals surface area contributed by atoms with Gasteiger partial charge in [-0.2, -0.15) is 0 Å². The minimum Gasteiger partial charge on any atom is -0.545 e. The molecule has 1 aromatic carbocycles. The molecule has 0 amide bonds. The lowest BCUT2D eigenvalue weighted by Gasteiger charge is -2.02. The Balaban J connectivity index is 2.82. The molecule has 0 bridgehead atoms. The summed E-state index contributed by atoms with van der Waals surface area (Å²) in [6, 6.07) is 6.98. The van der Waals surface area contributed by atoms with Crippen LogP contribution in [0.4, 0.5) is 0 Å². The predicted molar refractivity (Wildman–Crippen MR) is 46.2 cm³/mol. The van der Waals surface area contributed by atoms with Crippen molar-refractivity contribution < 1.29 is 9.90 Å². The minimum atomic E-state index is -1.11. The highest BCUT2D eigenvalue weighted by Crippen LogP contribution is 2.23. The van der Waals surface area contributed by atoms with Crippen LogP contribution < -0.4 is 5.11 Å². The third-order valence-corrected chi connectivity index (χ3v) is 2.60. The van der Waals surface area contributed by atoms with E-state index in [1.165, 1.54) is 11.3 Å². The molecule has 1 aromatic heterocycles. The number of carboxylic acid groups (broad SMARTS) is 1. The Morgan fingerprint density at radius 2 is 2.17 bits per heavy atom. The van der Waals surface area contributed by atoms with Crippen molar-refractivity contribution in [1.29, 1.82) is 0 Å². The van der Waals surface area contributed by atoms with Gasteiger partial charge in [-0.1, -0.05) is 12.1 Å². The van der Waals surface area contributed by atoms with E-state index in [9.17, 15) is 9.90 Å². The Bertz CT molecular complexity index is 431. The van der Waals surface area contributed by atoms with Gasteiger partial charge < -0.3 is 9.90 Å². The second-order valence-electron chi connectivity index (χ2n) is 2.43. The number of benzene rings is 1. The number of thiophene rings is 1. The molecule has 60 valence electrons. The molecule has 1 heterocycles. The molecule has 2 aromatic rings. The molecule has 0 atom stereocenters. The number of fused-ring (bicyclic) bond motifs is 1. The molecule has 0 unspecified atom stereocenters. The minimum absolute atomic E-state index is 0.272. The molecule has 2 nitrogen and oxygen atoms in total. The van der Waals surface area contributed by atoms with Gasteiger partial charge in [0.05, 0.1) is 5.97 Å². The first-order valence-electron chi connectivity index (χ1n) is 3.46. The zero-order valence-electron chi connectivity index (χ0n) is 6.11. The van der Waals surface area contributed by atoms with E-state index in [0.717, 1.165) is 10.1 Å². The Hall–Kier alpha value is -1.35. The fraction of sp³-hybridized carbons (Fsp3) is 0. The maximum atomic E-state index is 10.6. The summed E-state index contributed by atoms with van der Waals surface area (Å²) in [7, 11) is 0. The van der Waals surface area contributed by atoms with E-state index in [0.29, 0.717) is 0 Å². The van der Waals surface area contributed by atoms with Crippen molar-refractivity contribution in [2.24, 2.45) is 0 Å². The van der Waals surface area contributed by atoms with Crippen LogP contribution in [0, 0.1) is 0 Å². The molecule has 0 radical (unpaired) electrons. The normalized spacial score (nSPS) is 10.3. The standard InChI is InChI=1S/C9H6O2S/c10-9(11)7-2-1-3-8-6(7)4-5-12-8/h1-5H,(H,10,11)/p-1. The summed E-state index contributed by atoms with van der Waals surface area (Å²) in [6.07, 6.45) is 0. The van der Waals surface area contributed by atoms with Gasteiger partial charge in [0.15, 0.2) is 0 Å². The number of hydrogen-bond donors (Lipinski definition) is 0. The Morgan fingerprint density at radius 1 is 1.33 bits per heavy atom. The van der Waals surface area contributed by atoms with Crippen molar-refractivity contribution in [1.82, 2.24) is 0 Å². The molecule has 0 N–H and O–H groups in total. The van der Waals surface area contributed by atoms with E-state index in [4.69, 9.17) is 0 Å². The van der Waals surface area contributed by atoms with Crippen molar-refractivity contribution in [2.45, 2.75) is 0 Å². The Morgan fingerprint density at radius 3 is 2.92 bits per heavy atom. The number of carbonyl (C=O) groups excluding carboxylic acids is 1. The van der Waals surface area contributed by atoms with Gasteiger partial charge in [-0.3, -0.25) is 0 Å². The van der Waals surface area contributed by atoms with Crippen LogP contribution in [0.1, 0.15) is 10.4 Å². The highest BCUT2D eigenvalue weighted by atomic mass is 32.1. The summed E-state index contributed by atoms with van der Waals surface area (Å²) in [5, 5.41) is 13.2. The van der Waals surface area contributed by atoms with E-state index < -0.39 is 5.97 Å². The second-order valence-corrected chi connectivity index (χ2v) is 3.37. The van der Waals surface area contributed by atoms with E-state index >= 15 is 0 Å². The topological polar surface area (TPSA) is 40.1 Å². The molecular formula is C9H5O2S-. The number of aromatic carboxylic acids is 1. The molecule has 0 saturated carbocycles. The SMILES string of the molecule is O=C([O-])c1cccc2sccc12. The lowest BCUT2D eigenvalue weighted by atomic mass is 10.1. The van der Waals surface area contributed by atoms with Crippen LogP contribution >= 0.6 is 11.3 Å². The second kappa shape index (κ2) is 2.60. The summed E-state index contributed by atoms with van der Waals surface area (Å²) in [5.41, 5.74) is 0.272. The molecule has 0 aliphatic carbocycles. The zero-order chi connectivity index (χ0) is 8.55. The summed E-state index contributed by atoms with van der Waals surface area (Å²) in [4.78, 5) is 10.6. The molecule has 0 aliphatic heterocycles. The van der Waals surface area contributed by atoms with E-state index in [2.05, 4.69) is 0 Å². The first kappa shape index (κ1) is 7.31. The van der Waals surface area contributed by atoms with E-state index in [1.807, 2.05) is 11.4 Å². The number of rotatable bonds is 1. The monoisotopic (exact) mass is 177 g/mol. The van der Waals surface area contributed by atoms with Crippen LogP contribution in [0.5, 0.6) is 0 Å². The van der Waals surface area contributed by atoms with Gasteiger partial charge in [-0.25, -0.2) is 0 Å². The van der Waals surface area contributed by atoms with Crippen molar-refractivity contribution in [3.63, 3.8) is 0 Å². The third kappa shape index (κ3) is 0.987. The molecule has 0 spiro atoms. The highest BCUT2D eigenvalue weighted by Gasteiger charge is 2.00. The van der Waals surface area contributed by atoms with Crippen LogP contribution in [-0.4, -0.2) is 5.97 Å². The van der Waals surface area contributed by atoms with E-state index in [-0.39, 0.29) is 5.56 Å². The van der Waals surface area contributed by atoms with Gasteiger partial charge in [0.25, 0.3) is 0 Å².